The molecule has 1 aromatic carbocycles. The Hall–Kier alpha value is -1.55. The number of nitrogens with two attached hydrogens (primary N) is 1. The topological polar surface area (TPSA) is 53.1 Å². The molecule has 2 N–H and O–H groups in total. The molecule has 0 aliphatic rings. The summed E-state index contributed by atoms with van der Waals surface area (Å²) in [6.07, 6.45) is 0.916. The van der Waals surface area contributed by atoms with Crippen LogP contribution in [-0.2, 0) is 18.2 Å². The number of hydrogen-bond acceptors (Lipinski definition) is 3. The first kappa shape index (κ1) is 11.9. The molecule has 4 heteroatoms. The second kappa shape index (κ2) is 4.75. The summed E-state index contributed by atoms with van der Waals surface area (Å²) < 4.78 is 7.26. The van der Waals surface area contributed by atoms with E-state index in [1.165, 1.54) is 0 Å². The number of aryl methyl sites for hydroxylation is 1. The normalized spacial score (nSPS) is 13.1. The van der Waals surface area contributed by atoms with E-state index in [0.717, 1.165) is 35.6 Å². The lowest BCUT2D eigenvalue weighted by molar-refractivity contribution is 0.158. The van der Waals surface area contributed by atoms with E-state index >= 15 is 0 Å². The molecule has 2 aromatic rings. The van der Waals surface area contributed by atoms with Crippen LogP contribution in [-0.4, -0.2) is 23.3 Å². The van der Waals surface area contributed by atoms with Crippen molar-refractivity contribution in [1.82, 2.24) is 9.55 Å². The maximum atomic E-state index is 5.79. The SMILES string of the molecule is COCC(C)Cc1nc2ccc(N)cc2n1C. The Labute approximate surface area is 101 Å². The number of ether oxygens (including phenoxy) is 1. The Kier molecular flexibility index (Phi) is 3.33. The molecule has 0 saturated heterocycles. The van der Waals surface area contributed by atoms with Gasteiger partial charge < -0.3 is 15.0 Å². The molecule has 0 aliphatic heterocycles. The van der Waals surface area contributed by atoms with E-state index in [9.17, 15) is 0 Å². The standard InChI is InChI=1S/C13H19N3O/c1-9(8-17-3)6-13-15-11-5-4-10(14)7-12(11)16(13)2/h4-5,7,9H,6,8,14H2,1-3H3. The van der Waals surface area contributed by atoms with E-state index in [2.05, 4.69) is 16.5 Å². The lowest BCUT2D eigenvalue weighted by Crippen LogP contribution is -2.10. The first-order valence-electron chi connectivity index (χ1n) is 5.81. The van der Waals surface area contributed by atoms with Crippen LogP contribution >= 0.6 is 0 Å². The average molecular weight is 233 g/mol. The molecule has 2 rings (SSSR count). The molecule has 0 spiro atoms. The molecule has 0 bridgehead atoms. The molecule has 0 fully saturated rings. The van der Waals surface area contributed by atoms with Gasteiger partial charge >= 0.3 is 0 Å². The van der Waals surface area contributed by atoms with Gasteiger partial charge in [-0.3, -0.25) is 0 Å². The molecule has 1 unspecified atom stereocenters. The van der Waals surface area contributed by atoms with Gasteiger partial charge in [0.05, 0.1) is 11.0 Å². The molecule has 0 saturated carbocycles. The van der Waals surface area contributed by atoms with Crippen LogP contribution in [0.1, 0.15) is 12.7 Å². The van der Waals surface area contributed by atoms with Crippen LogP contribution in [0, 0.1) is 5.92 Å². The van der Waals surface area contributed by atoms with Crippen LogP contribution in [0.2, 0.25) is 0 Å². The zero-order valence-corrected chi connectivity index (χ0v) is 10.6. The van der Waals surface area contributed by atoms with Gasteiger partial charge in [-0.05, 0) is 24.1 Å². The molecule has 0 radical (unpaired) electrons. The van der Waals surface area contributed by atoms with Crippen molar-refractivity contribution in [2.75, 3.05) is 19.5 Å². The van der Waals surface area contributed by atoms with Crippen molar-refractivity contribution in [3.05, 3.63) is 24.0 Å². The van der Waals surface area contributed by atoms with Gasteiger partial charge in [0.15, 0.2) is 0 Å². The Morgan fingerprint density at radius 3 is 2.94 bits per heavy atom. The summed E-state index contributed by atoms with van der Waals surface area (Å²) >= 11 is 0. The second-order valence-electron chi connectivity index (χ2n) is 4.60. The fourth-order valence-electron chi connectivity index (χ4n) is 2.09. The summed E-state index contributed by atoms with van der Waals surface area (Å²) in [6, 6.07) is 5.82. The number of benzene rings is 1. The van der Waals surface area contributed by atoms with E-state index in [1.54, 1.807) is 7.11 Å². The highest BCUT2D eigenvalue weighted by Gasteiger charge is 2.11. The van der Waals surface area contributed by atoms with E-state index in [0.29, 0.717) is 5.92 Å². The van der Waals surface area contributed by atoms with Crippen LogP contribution in [0.5, 0.6) is 0 Å². The largest absolute Gasteiger partial charge is 0.399 e. The Balaban J connectivity index is 2.32. The quantitative estimate of drug-likeness (QED) is 0.821. The minimum Gasteiger partial charge on any atom is -0.399 e. The lowest BCUT2D eigenvalue weighted by Gasteiger charge is -2.09. The smallest absolute Gasteiger partial charge is 0.109 e. The molecule has 17 heavy (non-hydrogen) atoms. The van der Waals surface area contributed by atoms with Crippen molar-refractivity contribution in [1.29, 1.82) is 0 Å². The summed E-state index contributed by atoms with van der Waals surface area (Å²) in [6.45, 7) is 2.92. The summed E-state index contributed by atoms with van der Waals surface area (Å²) in [5.41, 5.74) is 8.65. The van der Waals surface area contributed by atoms with Gasteiger partial charge in [0.25, 0.3) is 0 Å². The van der Waals surface area contributed by atoms with Crippen molar-refractivity contribution in [3.8, 4) is 0 Å². The number of anilines is 1. The summed E-state index contributed by atoms with van der Waals surface area (Å²) in [7, 11) is 3.76. The highest BCUT2D eigenvalue weighted by atomic mass is 16.5. The number of imidazole rings is 1. The van der Waals surface area contributed by atoms with E-state index in [1.807, 2.05) is 25.2 Å². The molecule has 1 atom stereocenters. The number of hydrogen-bond donors (Lipinski definition) is 1. The molecule has 1 heterocycles. The van der Waals surface area contributed by atoms with Crippen molar-refractivity contribution in [2.24, 2.45) is 13.0 Å². The molecule has 1 aromatic heterocycles. The molecular formula is C13H19N3O. The van der Waals surface area contributed by atoms with Gasteiger partial charge in [0, 0.05) is 32.9 Å². The van der Waals surface area contributed by atoms with Gasteiger partial charge in [-0.15, -0.1) is 0 Å². The third-order valence-electron chi connectivity index (χ3n) is 2.98. The zero-order chi connectivity index (χ0) is 12.4. The maximum absolute atomic E-state index is 5.79. The van der Waals surface area contributed by atoms with Gasteiger partial charge in [-0.1, -0.05) is 6.92 Å². The van der Waals surface area contributed by atoms with Crippen LogP contribution in [0.3, 0.4) is 0 Å². The number of nitrogens with zero attached hydrogens (tertiary/aromatic N) is 2. The van der Waals surface area contributed by atoms with Gasteiger partial charge in [-0.25, -0.2) is 4.98 Å². The van der Waals surface area contributed by atoms with E-state index in [4.69, 9.17) is 10.5 Å². The number of rotatable bonds is 4. The zero-order valence-electron chi connectivity index (χ0n) is 10.6. The molecule has 0 aliphatic carbocycles. The number of nitrogen functional groups attached to an aromatic ring is 1. The predicted octanol–water partition coefficient (Wildman–Crippen LogP) is 1.98. The van der Waals surface area contributed by atoms with E-state index in [-0.39, 0.29) is 0 Å². The fourth-order valence-corrected chi connectivity index (χ4v) is 2.09. The monoisotopic (exact) mass is 233 g/mol. The number of aromatic nitrogens is 2. The maximum Gasteiger partial charge on any atom is 0.109 e. The van der Waals surface area contributed by atoms with Crippen LogP contribution in [0.4, 0.5) is 5.69 Å². The van der Waals surface area contributed by atoms with Crippen molar-refractivity contribution in [3.63, 3.8) is 0 Å². The summed E-state index contributed by atoms with van der Waals surface area (Å²) in [5, 5.41) is 0. The predicted molar refractivity (Wildman–Crippen MR) is 69.9 cm³/mol. The van der Waals surface area contributed by atoms with Crippen LogP contribution < -0.4 is 5.73 Å². The van der Waals surface area contributed by atoms with Crippen molar-refractivity contribution in [2.45, 2.75) is 13.3 Å². The third-order valence-corrected chi connectivity index (χ3v) is 2.98. The molecule has 92 valence electrons. The minimum atomic E-state index is 0.466. The van der Waals surface area contributed by atoms with Crippen LogP contribution in [0.15, 0.2) is 18.2 Å². The fraction of sp³-hybridized carbons (Fsp3) is 0.462. The Morgan fingerprint density at radius 2 is 2.24 bits per heavy atom. The Morgan fingerprint density at radius 1 is 1.47 bits per heavy atom. The van der Waals surface area contributed by atoms with E-state index < -0.39 is 0 Å². The summed E-state index contributed by atoms with van der Waals surface area (Å²) in [4.78, 5) is 4.63. The van der Waals surface area contributed by atoms with Crippen molar-refractivity contribution >= 4 is 16.7 Å². The minimum absolute atomic E-state index is 0.466. The highest BCUT2D eigenvalue weighted by molar-refractivity contribution is 5.79. The lowest BCUT2D eigenvalue weighted by atomic mass is 10.1. The average Bonchev–Trinajstić information content (AvgIpc) is 2.57. The van der Waals surface area contributed by atoms with Gasteiger partial charge in [-0.2, -0.15) is 0 Å². The van der Waals surface area contributed by atoms with Crippen LogP contribution in [0.25, 0.3) is 11.0 Å². The number of fused-ring (bicyclic) bond motifs is 1. The highest BCUT2D eigenvalue weighted by Crippen LogP contribution is 2.19. The Bertz CT molecular complexity index is 519. The van der Waals surface area contributed by atoms with Crippen molar-refractivity contribution < 1.29 is 4.74 Å². The first-order valence-corrected chi connectivity index (χ1v) is 5.81. The third kappa shape index (κ3) is 2.42. The molecular weight excluding hydrogens is 214 g/mol. The number of methoxy groups -OCH3 is 1. The molecule has 0 amide bonds. The second-order valence-corrected chi connectivity index (χ2v) is 4.60. The van der Waals surface area contributed by atoms with Gasteiger partial charge in [0.1, 0.15) is 5.82 Å². The molecule has 4 nitrogen and oxygen atoms in total. The first-order chi connectivity index (χ1) is 8.11. The van der Waals surface area contributed by atoms with Gasteiger partial charge in [0.2, 0.25) is 0 Å². The summed E-state index contributed by atoms with van der Waals surface area (Å²) in [5.74, 6) is 1.54.